The third-order valence-electron chi connectivity index (χ3n) is 2.40. The third kappa shape index (κ3) is 3.10. The van der Waals surface area contributed by atoms with Crippen molar-refractivity contribution in [2.75, 3.05) is 5.32 Å². The van der Waals surface area contributed by atoms with E-state index in [0.29, 0.717) is 6.54 Å². The highest BCUT2D eigenvalue weighted by molar-refractivity contribution is 9.10. The van der Waals surface area contributed by atoms with Crippen molar-refractivity contribution in [1.82, 2.24) is 9.78 Å². The Kier molecular flexibility index (Phi) is 3.66. The van der Waals surface area contributed by atoms with Gasteiger partial charge in [0.05, 0.1) is 11.8 Å². The van der Waals surface area contributed by atoms with E-state index < -0.39 is 5.97 Å². The van der Waals surface area contributed by atoms with E-state index in [4.69, 9.17) is 5.11 Å². The lowest BCUT2D eigenvalue weighted by molar-refractivity contribution is 0.0697. The molecule has 1 aromatic carbocycles. The zero-order valence-corrected chi connectivity index (χ0v) is 11.3. The van der Waals surface area contributed by atoms with Gasteiger partial charge in [-0.1, -0.05) is 15.9 Å². The molecule has 0 saturated carbocycles. The minimum Gasteiger partial charge on any atom is -0.478 e. The number of nitrogens with zero attached hydrogens (tertiary/aromatic N) is 2. The van der Waals surface area contributed by atoms with Crippen LogP contribution in [0.5, 0.6) is 0 Å². The van der Waals surface area contributed by atoms with Gasteiger partial charge in [-0.25, -0.2) is 4.79 Å². The van der Waals surface area contributed by atoms with Crippen molar-refractivity contribution in [2.24, 2.45) is 7.05 Å². The molecule has 0 bridgehead atoms. The lowest BCUT2D eigenvalue weighted by Crippen LogP contribution is -2.02. The van der Waals surface area contributed by atoms with Gasteiger partial charge in [-0.05, 0) is 18.2 Å². The Balaban J connectivity index is 2.11. The maximum atomic E-state index is 10.9. The van der Waals surface area contributed by atoms with E-state index in [1.165, 1.54) is 0 Å². The Labute approximate surface area is 113 Å². The van der Waals surface area contributed by atoms with Gasteiger partial charge >= 0.3 is 5.97 Å². The van der Waals surface area contributed by atoms with Crippen molar-refractivity contribution in [3.8, 4) is 0 Å². The lowest BCUT2D eigenvalue weighted by atomic mass is 10.2. The number of carboxylic acids is 1. The summed E-state index contributed by atoms with van der Waals surface area (Å²) in [6, 6.07) is 5.00. The highest BCUT2D eigenvalue weighted by Crippen LogP contribution is 2.20. The summed E-state index contributed by atoms with van der Waals surface area (Å²) in [4.78, 5) is 10.9. The first-order valence-corrected chi connectivity index (χ1v) is 6.09. The van der Waals surface area contributed by atoms with Crippen LogP contribution in [0.1, 0.15) is 15.9 Å². The van der Waals surface area contributed by atoms with Crippen molar-refractivity contribution < 1.29 is 9.90 Å². The molecule has 1 aromatic heterocycles. The van der Waals surface area contributed by atoms with Gasteiger partial charge in [-0.2, -0.15) is 5.10 Å². The van der Waals surface area contributed by atoms with Crippen molar-refractivity contribution in [1.29, 1.82) is 0 Å². The number of anilines is 1. The van der Waals surface area contributed by atoms with Crippen LogP contribution in [0.4, 0.5) is 5.69 Å². The minimum atomic E-state index is -0.944. The molecule has 0 amide bonds. The summed E-state index contributed by atoms with van der Waals surface area (Å²) < 4.78 is 2.46. The maximum absolute atomic E-state index is 10.9. The first-order valence-electron chi connectivity index (χ1n) is 5.30. The first kappa shape index (κ1) is 12.6. The average molecular weight is 310 g/mol. The topological polar surface area (TPSA) is 67.2 Å². The molecule has 2 N–H and O–H groups in total. The number of aryl methyl sites for hydroxylation is 1. The number of rotatable bonds is 4. The molecule has 0 aliphatic heterocycles. The predicted molar refractivity (Wildman–Crippen MR) is 71.6 cm³/mol. The quantitative estimate of drug-likeness (QED) is 0.910. The van der Waals surface area contributed by atoms with E-state index in [0.717, 1.165) is 15.7 Å². The molecule has 18 heavy (non-hydrogen) atoms. The number of carboxylic acid groups (broad SMARTS) is 1. The molecule has 0 unspecified atom stereocenters. The number of nitrogens with one attached hydrogen (secondary N) is 1. The molecular formula is C12H12BrN3O2. The zero-order chi connectivity index (χ0) is 13.1. The Hall–Kier alpha value is -1.82. The first-order chi connectivity index (χ1) is 8.54. The maximum Gasteiger partial charge on any atom is 0.335 e. The third-order valence-corrected chi connectivity index (χ3v) is 2.86. The Morgan fingerprint density at radius 3 is 2.89 bits per heavy atom. The van der Waals surface area contributed by atoms with Crippen LogP contribution < -0.4 is 5.32 Å². The van der Waals surface area contributed by atoms with Crippen molar-refractivity contribution >= 4 is 27.6 Å². The van der Waals surface area contributed by atoms with Gasteiger partial charge in [0.15, 0.2) is 0 Å². The van der Waals surface area contributed by atoms with Gasteiger partial charge in [-0.15, -0.1) is 0 Å². The average Bonchev–Trinajstić information content (AvgIpc) is 2.72. The molecule has 0 fully saturated rings. The summed E-state index contributed by atoms with van der Waals surface area (Å²) in [5, 5.41) is 16.2. The fourth-order valence-corrected chi connectivity index (χ4v) is 2.08. The highest BCUT2D eigenvalue weighted by Gasteiger charge is 2.06. The second kappa shape index (κ2) is 5.22. The van der Waals surface area contributed by atoms with Crippen LogP contribution in [0.3, 0.4) is 0 Å². The summed E-state index contributed by atoms with van der Waals surface area (Å²) in [5.41, 5.74) is 2.04. The van der Waals surface area contributed by atoms with Crippen LogP contribution in [0, 0.1) is 0 Å². The molecule has 0 spiro atoms. The number of aromatic carboxylic acids is 1. The molecule has 2 aromatic rings. The SMILES string of the molecule is Cn1cc(CNc2cc(Br)cc(C(=O)O)c2)cn1. The second-order valence-corrected chi connectivity index (χ2v) is 4.83. The van der Waals surface area contributed by atoms with Crippen LogP contribution in [-0.4, -0.2) is 20.9 Å². The van der Waals surface area contributed by atoms with Crippen molar-refractivity contribution in [3.05, 3.63) is 46.2 Å². The van der Waals surface area contributed by atoms with Gasteiger partial charge in [0.25, 0.3) is 0 Å². The van der Waals surface area contributed by atoms with Gasteiger partial charge in [0.2, 0.25) is 0 Å². The fourth-order valence-electron chi connectivity index (χ4n) is 1.58. The number of benzene rings is 1. The molecule has 0 radical (unpaired) electrons. The van der Waals surface area contributed by atoms with Gasteiger partial charge in [0.1, 0.15) is 0 Å². The number of carbonyl (C=O) groups is 1. The van der Waals surface area contributed by atoms with E-state index >= 15 is 0 Å². The van der Waals surface area contributed by atoms with Crippen molar-refractivity contribution in [2.45, 2.75) is 6.54 Å². The van der Waals surface area contributed by atoms with Crippen LogP contribution in [-0.2, 0) is 13.6 Å². The Morgan fingerprint density at radius 2 is 2.28 bits per heavy atom. The molecule has 0 aliphatic carbocycles. The van der Waals surface area contributed by atoms with Gasteiger partial charge < -0.3 is 10.4 Å². The van der Waals surface area contributed by atoms with E-state index in [1.54, 1.807) is 23.0 Å². The number of hydrogen-bond donors (Lipinski definition) is 2. The van der Waals surface area contributed by atoms with Crippen LogP contribution >= 0.6 is 15.9 Å². The summed E-state index contributed by atoms with van der Waals surface area (Å²) in [7, 11) is 1.85. The van der Waals surface area contributed by atoms with Crippen molar-refractivity contribution in [3.63, 3.8) is 0 Å². The number of aromatic nitrogens is 2. The molecule has 0 saturated heterocycles. The largest absolute Gasteiger partial charge is 0.478 e. The second-order valence-electron chi connectivity index (χ2n) is 3.91. The van der Waals surface area contributed by atoms with E-state index in [-0.39, 0.29) is 5.56 Å². The van der Waals surface area contributed by atoms with E-state index in [2.05, 4.69) is 26.3 Å². The number of halogens is 1. The van der Waals surface area contributed by atoms with Crippen LogP contribution in [0.15, 0.2) is 35.1 Å². The molecule has 0 aliphatic rings. The highest BCUT2D eigenvalue weighted by atomic mass is 79.9. The van der Waals surface area contributed by atoms with Crippen LogP contribution in [0.25, 0.3) is 0 Å². The minimum absolute atomic E-state index is 0.248. The van der Waals surface area contributed by atoms with Gasteiger partial charge in [0, 0.05) is 35.5 Å². The molecular weight excluding hydrogens is 298 g/mol. The predicted octanol–water partition coefficient (Wildman–Crippen LogP) is 2.49. The summed E-state index contributed by atoms with van der Waals surface area (Å²) in [6.45, 7) is 0.601. The summed E-state index contributed by atoms with van der Waals surface area (Å²) in [5.74, 6) is -0.944. The van der Waals surface area contributed by atoms with Gasteiger partial charge in [-0.3, -0.25) is 4.68 Å². The monoisotopic (exact) mass is 309 g/mol. The Bertz CT molecular complexity index is 580. The lowest BCUT2D eigenvalue weighted by Gasteiger charge is -2.06. The summed E-state index contributed by atoms with van der Waals surface area (Å²) in [6.07, 6.45) is 3.67. The normalized spacial score (nSPS) is 10.3. The van der Waals surface area contributed by atoms with E-state index in [1.807, 2.05) is 19.3 Å². The standard InChI is InChI=1S/C12H12BrN3O2/c1-16-7-8(6-15-16)5-14-11-3-9(12(17)18)2-10(13)4-11/h2-4,6-7,14H,5H2,1H3,(H,17,18). The molecule has 1 heterocycles. The summed E-state index contributed by atoms with van der Waals surface area (Å²) >= 11 is 3.29. The molecule has 5 nitrogen and oxygen atoms in total. The molecule has 0 atom stereocenters. The zero-order valence-electron chi connectivity index (χ0n) is 9.72. The molecule has 2 rings (SSSR count). The number of hydrogen-bond acceptors (Lipinski definition) is 3. The molecule has 94 valence electrons. The van der Waals surface area contributed by atoms with E-state index in [9.17, 15) is 4.79 Å². The smallest absolute Gasteiger partial charge is 0.335 e. The molecule has 6 heteroatoms. The fraction of sp³-hybridized carbons (Fsp3) is 0.167. The van der Waals surface area contributed by atoms with Crippen LogP contribution in [0.2, 0.25) is 0 Å². The Morgan fingerprint density at radius 1 is 1.50 bits per heavy atom.